The van der Waals surface area contributed by atoms with E-state index in [0.717, 1.165) is 30.3 Å². The second-order valence-corrected chi connectivity index (χ2v) is 6.51. The van der Waals surface area contributed by atoms with Gasteiger partial charge >= 0.3 is 0 Å². The zero-order valence-corrected chi connectivity index (χ0v) is 12.6. The molecule has 1 N–H and O–H groups in total. The number of carbonyl (C=O) groups excluding carboxylic acids is 1. The SMILES string of the molecule is O=C(Nc1nc2c(s1)CCC2)c1cc2cc(Cl)ccc2o1. The van der Waals surface area contributed by atoms with Crippen LogP contribution in [0.2, 0.25) is 5.02 Å². The summed E-state index contributed by atoms with van der Waals surface area (Å²) in [4.78, 5) is 18.0. The van der Waals surface area contributed by atoms with E-state index in [0.29, 0.717) is 15.7 Å². The first-order valence-electron chi connectivity index (χ1n) is 6.68. The average molecular weight is 319 g/mol. The summed E-state index contributed by atoms with van der Waals surface area (Å²) in [5, 5.41) is 4.88. The standard InChI is InChI=1S/C15H11ClN2O2S/c16-9-4-5-11-8(6-9)7-12(20-11)14(19)18-15-17-10-2-1-3-13(10)21-15/h4-7H,1-3H2,(H,17,18,19). The smallest absolute Gasteiger partial charge is 0.293 e. The molecule has 1 aliphatic carbocycles. The van der Waals surface area contributed by atoms with Gasteiger partial charge in [-0.15, -0.1) is 11.3 Å². The number of benzene rings is 1. The number of rotatable bonds is 2. The van der Waals surface area contributed by atoms with Crippen molar-refractivity contribution in [1.82, 2.24) is 4.98 Å². The minimum absolute atomic E-state index is 0.266. The molecule has 106 valence electrons. The molecular formula is C15H11ClN2O2S. The molecule has 0 fully saturated rings. The summed E-state index contributed by atoms with van der Waals surface area (Å²) in [5.41, 5.74) is 1.76. The van der Waals surface area contributed by atoms with E-state index in [2.05, 4.69) is 10.3 Å². The van der Waals surface area contributed by atoms with Gasteiger partial charge in [0, 0.05) is 15.3 Å². The van der Waals surface area contributed by atoms with Gasteiger partial charge in [0.25, 0.3) is 5.91 Å². The first-order chi connectivity index (χ1) is 10.2. The first kappa shape index (κ1) is 12.9. The van der Waals surface area contributed by atoms with Crippen molar-refractivity contribution < 1.29 is 9.21 Å². The lowest BCUT2D eigenvalue weighted by molar-refractivity contribution is 0.0998. The molecule has 6 heteroatoms. The second kappa shape index (κ2) is 4.86. The van der Waals surface area contributed by atoms with E-state index in [1.54, 1.807) is 35.6 Å². The number of furan rings is 1. The Morgan fingerprint density at radius 2 is 2.24 bits per heavy atom. The topological polar surface area (TPSA) is 55.1 Å². The normalized spacial score (nSPS) is 13.6. The second-order valence-electron chi connectivity index (χ2n) is 4.99. The number of hydrogen-bond donors (Lipinski definition) is 1. The average Bonchev–Trinajstić information content (AvgIpc) is 3.10. The number of aryl methyl sites for hydroxylation is 2. The molecule has 0 saturated carbocycles. The van der Waals surface area contributed by atoms with Crippen LogP contribution in [0.4, 0.5) is 5.13 Å². The van der Waals surface area contributed by atoms with Crippen LogP contribution in [-0.4, -0.2) is 10.9 Å². The molecule has 0 saturated heterocycles. The van der Waals surface area contributed by atoms with Crippen LogP contribution in [0.1, 0.15) is 27.5 Å². The van der Waals surface area contributed by atoms with E-state index in [9.17, 15) is 4.79 Å². The summed E-state index contributed by atoms with van der Waals surface area (Å²) in [7, 11) is 0. The number of hydrogen-bond acceptors (Lipinski definition) is 4. The highest BCUT2D eigenvalue weighted by Gasteiger charge is 2.19. The zero-order valence-electron chi connectivity index (χ0n) is 11.0. The van der Waals surface area contributed by atoms with Crippen LogP contribution in [-0.2, 0) is 12.8 Å². The van der Waals surface area contributed by atoms with E-state index < -0.39 is 0 Å². The third-order valence-corrected chi connectivity index (χ3v) is 4.83. The van der Waals surface area contributed by atoms with E-state index in [-0.39, 0.29) is 11.7 Å². The number of aromatic nitrogens is 1. The van der Waals surface area contributed by atoms with Gasteiger partial charge in [0.15, 0.2) is 10.9 Å². The van der Waals surface area contributed by atoms with Crippen molar-refractivity contribution in [3.63, 3.8) is 0 Å². The highest BCUT2D eigenvalue weighted by atomic mass is 35.5. The number of halogens is 1. The van der Waals surface area contributed by atoms with Crippen LogP contribution < -0.4 is 5.32 Å². The molecule has 0 bridgehead atoms. The van der Waals surface area contributed by atoms with Crippen LogP contribution in [0, 0.1) is 0 Å². The lowest BCUT2D eigenvalue weighted by atomic mass is 10.2. The molecule has 2 heterocycles. The largest absolute Gasteiger partial charge is 0.451 e. The lowest BCUT2D eigenvalue weighted by Gasteiger charge is -1.97. The van der Waals surface area contributed by atoms with Gasteiger partial charge in [0.05, 0.1) is 5.69 Å². The van der Waals surface area contributed by atoms with Crippen LogP contribution in [0.5, 0.6) is 0 Å². The van der Waals surface area contributed by atoms with Crippen molar-refractivity contribution in [2.45, 2.75) is 19.3 Å². The number of amides is 1. The fraction of sp³-hybridized carbons (Fsp3) is 0.200. The Hall–Kier alpha value is -1.85. The van der Waals surface area contributed by atoms with Crippen molar-refractivity contribution >= 4 is 44.9 Å². The minimum Gasteiger partial charge on any atom is -0.451 e. The van der Waals surface area contributed by atoms with Crippen molar-refractivity contribution in [1.29, 1.82) is 0 Å². The fourth-order valence-corrected chi connectivity index (χ4v) is 3.75. The van der Waals surface area contributed by atoms with Gasteiger partial charge in [-0.2, -0.15) is 0 Å². The molecule has 4 nitrogen and oxygen atoms in total. The molecule has 1 amide bonds. The van der Waals surface area contributed by atoms with E-state index in [1.165, 1.54) is 4.88 Å². The highest BCUT2D eigenvalue weighted by Crippen LogP contribution is 2.31. The van der Waals surface area contributed by atoms with Gasteiger partial charge in [-0.25, -0.2) is 4.98 Å². The molecule has 0 aliphatic heterocycles. The molecule has 1 aromatic carbocycles. The molecule has 21 heavy (non-hydrogen) atoms. The van der Waals surface area contributed by atoms with Gasteiger partial charge in [-0.1, -0.05) is 11.6 Å². The van der Waals surface area contributed by atoms with Gasteiger partial charge in [0.1, 0.15) is 5.58 Å². The molecule has 4 rings (SSSR count). The first-order valence-corrected chi connectivity index (χ1v) is 7.87. The van der Waals surface area contributed by atoms with E-state index >= 15 is 0 Å². The van der Waals surface area contributed by atoms with Crippen LogP contribution in [0.3, 0.4) is 0 Å². The van der Waals surface area contributed by atoms with Gasteiger partial charge in [-0.3, -0.25) is 10.1 Å². The number of thiazole rings is 1. The molecule has 1 aliphatic rings. The highest BCUT2D eigenvalue weighted by molar-refractivity contribution is 7.15. The van der Waals surface area contributed by atoms with Gasteiger partial charge in [-0.05, 0) is 43.5 Å². The van der Waals surface area contributed by atoms with Gasteiger partial charge < -0.3 is 4.42 Å². The van der Waals surface area contributed by atoms with E-state index in [4.69, 9.17) is 16.0 Å². The van der Waals surface area contributed by atoms with Crippen LogP contribution >= 0.6 is 22.9 Å². The predicted molar refractivity (Wildman–Crippen MR) is 83.3 cm³/mol. The molecular weight excluding hydrogens is 308 g/mol. The summed E-state index contributed by atoms with van der Waals surface area (Å²) in [6.07, 6.45) is 3.23. The quantitative estimate of drug-likeness (QED) is 0.767. The maximum Gasteiger partial charge on any atom is 0.293 e. The number of nitrogens with zero attached hydrogens (tertiary/aromatic N) is 1. The molecule has 0 radical (unpaired) electrons. The summed E-state index contributed by atoms with van der Waals surface area (Å²) < 4.78 is 5.54. The molecule has 0 atom stereocenters. The number of anilines is 1. The Morgan fingerprint density at radius 3 is 3.10 bits per heavy atom. The van der Waals surface area contributed by atoms with Crippen molar-refractivity contribution in [3.8, 4) is 0 Å². The van der Waals surface area contributed by atoms with Crippen molar-refractivity contribution in [2.24, 2.45) is 0 Å². The maximum absolute atomic E-state index is 12.2. The van der Waals surface area contributed by atoms with E-state index in [1.807, 2.05) is 0 Å². The van der Waals surface area contributed by atoms with Crippen molar-refractivity contribution in [2.75, 3.05) is 5.32 Å². The maximum atomic E-state index is 12.2. The Bertz CT molecular complexity index is 831. The van der Waals surface area contributed by atoms with Gasteiger partial charge in [0.2, 0.25) is 0 Å². The van der Waals surface area contributed by atoms with Crippen LogP contribution in [0.25, 0.3) is 11.0 Å². The van der Waals surface area contributed by atoms with Crippen molar-refractivity contribution in [3.05, 3.63) is 45.6 Å². The Kier molecular flexibility index (Phi) is 2.97. The molecule has 3 aromatic rings. The molecule has 2 aromatic heterocycles. The third-order valence-electron chi connectivity index (χ3n) is 3.52. The molecule has 0 unspecified atom stereocenters. The Morgan fingerprint density at radius 1 is 1.33 bits per heavy atom. The Balaban J connectivity index is 1.60. The lowest BCUT2D eigenvalue weighted by Crippen LogP contribution is -2.10. The van der Waals surface area contributed by atoms with Crippen LogP contribution in [0.15, 0.2) is 28.7 Å². The molecule has 0 spiro atoms. The minimum atomic E-state index is -0.283. The summed E-state index contributed by atoms with van der Waals surface area (Å²) in [6, 6.07) is 6.96. The number of fused-ring (bicyclic) bond motifs is 2. The number of nitrogens with one attached hydrogen (secondary N) is 1. The summed E-state index contributed by atoms with van der Waals surface area (Å²) in [6.45, 7) is 0. The third kappa shape index (κ3) is 2.32. The zero-order chi connectivity index (χ0) is 14.4. The Labute approximate surface area is 129 Å². The fourth-order valence-electron chi connectivity index (χ4n) is 2.53. The predicted octanol–water partition coefficient (Wildman–Crippen LogP) is 4.28. The number of carbonyl (C=O) groups is 1. The summed E-state index contributed by atoms with van der Waals surface area (Å²) >= 11 is 7.48. The monoisotopic (exact) mass is 318 g/mol. The summed E-state index contributed by atoms with van der Waals surface area (Å²) in [5.74, 6) is -0.0163.